The third kappa shape index (κ3) is 3.07. The normalized spacial score (nSPS) is 13.5. The Morgan fingerprint density at radius 1 is 1.19 bits per heavy atom. The first kappa shape index (κ1) is 15.1. The summed E-state index contributed by atoms with van der Waals surface area (Å²) >= 11 is 0. The van der Waals surface area contributed by atoms with Gasteiger partial charge in [0.2, 0.25) is 0 Å². The Balaban J connectivity index is 2.44. The summed E-state index contributed by atoms with van der Waals surface area (Å²) in [4.78, 5) is 11.9. The average molecular weight is 284 g/mol. The molecular formula is C18H20O3. The van der Waals surface area contributed by atoms with Crippen LogP contribution in [0.25, 0.3) is 0 Å². The lowest BCUT2D eigenvalue weighted by atomic mass is 9.75. The van der Waals surface area contributed by atoms with Crippen molar-refractivity contribution >= 4 is 5.97 Å². The summed E-state index contributed by atoms with van der Waals surface area (Å²) in [7, 11) is 1.61. The Bertz CT molecular complexity index is 648. The van der Waals surface area contributed by atoms with E-state index in [2.05, 4.69) is 0 Å². The lowest BCUT2D eigenvalue weighted by molar-refractivity contribution is -0.143. The van der Waals surface area contributed by atoms with E-state index in [1.165, 1.54) is 0 Å². The fourth-order valence-corrected chi connectivity index (χ4v) is 2.67. The smallest absolute Gasteiger partial charge is 0.314 e. The van der Waals surface area contributed by atoms with Crippen molar-refractivity contribution in [2.24, 2.45) is 0 Å². The van der Waals surface area contributed by atoms with E-state index in [4.69, 9.17) is 4.74 Å². The van der Waals surface area contributed by atoms with Gasteiger partial charge in [-0.3, -0.25) is 4.79 Å². The van der Waals surface area contributed by atoms with Gasteiger partial charge in [0.25, 0.3) is 0 Å². The molecule has 0 amide bonds. The predicted molar refractivity (Wildman–Crippen MR) is 82.9 cm³/mol. The molecule has 0 saturated carbocycles. The second-order valence-electron chi connectivity index (χ2n) is 5.48. The van der Waals surface area contributed by atoms with Crippen molar-refractivity contribution in [1.29, 1.82) is 0 Å². The minimum Gasteiger partial charge on any atom is -0.497 e. The van der Waals surface area contributed by atoms with Gasteiger partial charge in [-0.25, -0.2) is 0 Å². The molecule has 2 aromatic carbocycles. The van der Waals surface area contributed by atoms with Crippen molar-refractivity contribution in [3.8, 4) is 5.75 Å². The average Bonchev–Trinajstić information content (AvgIpc) is 2.47. The largest absolute Gasteiger partial charge is 0.497 e. The minimum atomic E-state index is -0.961. The molecular weight excluding hydrogens is 264 g/mol. The summed E-state index contributed by atoms with van der Waals surface area (Å²) in [6.45, 7) is 3.72. The Morgan fingerprint density at radius 2 is 1.90 bits per heavy atom. The third-order valence-electron chi connectivity index (χ3n) is 3.90. The topological polar surface area (TPSA) is 46.5 Å². The molecule has 0 aromatic heterocycles. The Hall–Kier alpha value is -2.29. The molecule has 2 aromatic rings. The monoisotopic (exact) mass is 284 g/mol. The van der Waals surface area contributed by atoms with Crippen LogP contribution in [0.15, 0.2) is 48.5 Å². The van der Waals surface area contributed by atoms with E-state index < -0.39 is 11.4 Å². The molecule has 0 aliphatic carbocycles. The van der Waals surface area contributed by atoms with Crippen molar-refractivity contribution in [3.63, 3.8) is 0 Å². The second-order valence-corrected chi connectivity index (χ2v) is 5.48. The van der Waals surface area contributed by atoms with Crippen molar-refractivity contribution in [2.75, 3.05) is 7.11 Å². The number of carboxylic acids is 1. The molecule has 0 aliphatic rings. The number of ether oxygens (including phenoxy) is 1. The zero-order valence-corrected chi connectivity index (χ0v) is 12.6. The molecule has 0 radical (unpaired) electrons. The minimum absolute atomic E-state index is 0.421. The lowest BCUT2D eigenvalue weighted by Crippen LogP contribution is -2.35. The molecule has 0 saturated heterocycles. The molecule has 0 spiro atoms. The highest BCUT2D eigenvalue weighted by molar-refractivity contribution is 5.82. The number of aliphatic carboxylic acids is 1. The highest BCUT2D eigenvalue weighted by Gasteiger charge is 2.36. The van der Waals surface area contributed by atoms with E-state index in [1.54, 1.807) is 14.0 Å². The number of carboxylic acid groups (broad SMARTS) is 1. The molecule has 1 unspecified atom stereocenters. The first-order valence-corrected chi connectivity index (χ1v) is 6.90. The third-order valence-corrected chi connectivity index (χ3v) is 3.90. The number of hydrogen-bond donors (Lipinski definition) is 1. The predicted octanol–water partition coefficient (Wildman–Crippen LogP) is 3.59. The number of aryl methyl sites for hydroxylation is 1. The highest BCUT2D eigenvalue weighted by atomic mass is 16.5. The number of benzene rings is 2. The van der Waals surface area contributed by atoms with Gasteiger partial charge in [-0.05, 0) is 49.1 Å². The lowest BCUT2D eigenvalue weighted by Gasteiger charge is -2.27. The maximum atomic E-state index is 11.9. The molecule has 2 rings (SSSR count). The van der Waals surface area contributed by atoms with E-state index in [9.17, 15) is 9.90 Å². The van der Waals surface area contributed by atoms with Gasteiger partial charge in [-0.2, -0.15) is 0 Å². The quantitative estimate of drug-likeness (QED) is 0.912. The summed E-state index contributed by atoms with van der Waals surface area (Å²) in [5.41, 5.74) is 1.82. The van der Waals surface area contributed by atoms with E-state index in [-0.39, 0.29) is 0 Å². The molecule has 1 atom stereocenters. The zero-order valence-electron chi connectivity index (χ0n) is 12.6. The molecule has 3 nitrogen and oxygen atoms in total. The van der Waals surface area contributed by atoms with Crippen LogP contribution in [-0.4, -0.2) is 18.2 Å². The fraction of sp³-hybridized carbons (Fsp3) is 0.278. The van der Waals surface area contributed by atoms with Gasteiger partial charge in [0, 0.05) is 0 Å². The number of methoxy groups -OCH3 is 1. The van der Waals surface area contributed by atoms with Crippen LogP contribution in [0, 0.1) is 6.92 Å². The number of carbonyl (C=O) groups is 1. The SMILES string of the molecule is COc1cccc(CC(C)(C(=O)O)c2ccccc2C)c1. The van der Waals surface area contributed by atoms with Crippen LogP contribution in [0.2, 0.25) is 0 Å². The summed E-state index contributed by atoms with van der Waals surface area (Å²) in [6, 6.07) is 15.2. The van der Waals surface area contributed by atoms with Crippen molar-refractivity contribution in [1.82, 2.24) is 0 Å². The fourth-order valence-electron chi connectivity index (χ4n) is 2.67. The first-order chi connectivity index (χ1) is 9.97. The standard InChI is InChI=1S/C18H20O3/c1-13-7-4-5-10-16(13)18(2,17(19)20)12-14-8-6-9-15(11-14)21-3/h4-11H,12H2,1-3H3,(H,19,20). The summed E-state index contributed by atoms with van der Waals surface area (Å²) in [5, 5.41) is 9.77. The maximum Gasteiger partial charge on any atom is 0.314 e. The van der Waals surface area contributed by atoms with Crippen LogP contribution in [0.1, 0.15) is 23.6 Å². The van der Waals surface area contributed by atoms with Gasteiger partial charge in [0.15, 0.2) is 0 Å². The van der Waals surface area contributed by atoms with Gasteiger partial charge in [0.1, 0.15) is 5.75 Å². The van der Waals surface area contributed by atoms with E-state index >= 15 is 0 Å². The van der Waals surface area contributed by atoms with Crippen LogP contribution >= 0.6 is 0 Å². The molecule has 0 aliphatic heterocycles. The summed E-state index contributed by atoms with van der Waals surface area (Å²) in [6.07, 6.45) is 0.421. The molecule has 0 heterocycles. The van der Waals surface area contributed by atoms with Gasteiger partial charge in [-0.15, -0.1) is 0 Å². The molecule has 0 bridgehead atoms. The number of rotatable bonds is 5. The highest BCUT2D eigenvalue weighted by Crippen LogP contribution is 2.31. The van der Waals surface area contributed by atoms with E-state index in [0.29, 0.717) is 6.42 Å². The van der Waals surface area contributed by atoms with Crippen molar-refractivity contribution in [2.45, 2.75) is 25.7 Å². The maximum absolute atomic E-state index is 11.9. The molecule has 3 heteroatoms. The number of hydrogen-bond acceptors (Lipinski definition) is 2. The van der Waals surface area contributed by atoms with Crippen LogP contribution in [0.5, 0.6) is 5.75 Å². The Morgan fingerprint density at radius 3 is 2.52 bits per heavy atom. The van der Waals surface area contributed by atoms with Crippen LogP contribution in [-0.2, 0) is 16.6 Å². The summed E-state index contributed by atoms with van der Waals surface area (Å²) in [5.74, 6) is -0.0790. The van der Waals surface area contributed by atoms with Crippen LogP contribution < -0.4 is 4.74 Å². The zero-order chi connectivity index (χ0) is 15.5. The second kappa shape index (κ2) is 6.00. The van der Waals surface area contributed by atoms with Gasteiger partial charge >= 0.3 is 5.97 Å². The van der Waals surface area contributed by atoms with Gasteiger partial charge in [-0.1, -0.05) is 36.4 Å². The van der Waals surface area contributed by atoms with Gasteiger partial charge in [0.05, 0.1) is 12.5 Å². The summed E-state index contributed by atoms with van der Waals surface area (Å²) < 4.78 is 5.21. The van der Waals surface area contributed by atoms with E-state index in [0.717, 1.165) is 22.4 Å². The van der Waals surface area contributed by atoms with Crippen LogP contribution in [0.3, 0.4) is 0 Å². The Labute approximate surface area is 125 Å². The van der Waals surface area contributed by atoms with Crippen molar-refractivity contribution in [3.05, 3.63) is 65.2 Å². The molecule has 1 N–H and O–H groups in total. The molecule has 21 heavy (non-hydrogen) atoms. The molecule has 110 valence electrons. The Kier molecular flexibility index (Phi) is 4.32. The first-order valence-electron chi connectivity index (χ1n) is 6.90. The van der Waals surface area contributed by atoms with Crippen LogP contribution in [0.4, 0.5) is 0 Å². The molecule has 0 fully saturated rings. The van der Waals surface area contributed by atoms with Gasteiger partial charge < -0.3 is 9.84 Å². The van der Waals surface area contributed by atoms with Crippen molar-refractivity contribution < 1.29 is 14.6 Å². The van der Waals surface area contributed by atoms with E-state index in [1.807, 2.05) is 55.5 Å².